The Balaban J connectivity index is 2.18. The zero-order valence-corrected chi connectivity index (χ0v) is 14.0. The van der Waals surface area contributed by atoms with Gasteiger partial charge in [-0.15, -0.1) is 0 Å². The first-order chi connectivity index (χ1) is 11.2. The average Bonchev–Trinajstić information content (AvgIpc) is 2.49. The molecular formula is C19H21NO4. The molecule has 0 fully saturated rings. The molecule has 0 bridgehead atoms. The van der Waals surface area contributed by atoms with E-state index in [4.69, 9.17) is 5.11 Å². The van der Waals surface area contributed by atoms with Gasteiger partial charge in [-0.2, -0.15) is 0 Å². The number of phenols is 1. The van der Waals surface area contributed by atoms with Crippen molar-refractivity contribution >= 4 is 17.6 Å². The van der Waals surface area contributed by atoms with Crippen LogP contribution in [0.15, 0.2) is 42.5 Å². The minimum absolute atomic E-state index is 0.00155. The van der Waals surface area contributed by atoms with Crippen LogP contribution in [0, 0.1) is 0 Å². The largest absolute Gasteiger partial charge is 0.506 e. The lowest BCUT2D eigenvalue weighted by Gasteiger charge is -2.19. The summed E-state index contributed by atoms with van der Waals surface area (Å²) in [6.07, 6.45) is -0.177. The second-order valence-corrected chi connectivity index (χ2v) is 6.70. The van der Waals surface area contributed by atoms with Crippen molar-refractivity contribution < 1.29 is 19.8 Å². The molecule has 0 unspecified atom stereocenters. The molecule has 3 N–H and O–H groups in total. The standard InChI is InChI=1S/C19H21NO4/c1-19(2,3)14-7-5-13(6-8-14)18(24)20-15-10-12(11-17(22)23)4-9-16(15)21/h4-10,21H,11H2,1-3H3,(H,20,24)(H,22,23). The zero-order chi connectivity index (χ0) is 17.9. The fourth-order valence-electron chi connectivity index (χ4n) is 2.28. The van der Waals surface area contributed by atoms with Crippen molar-refractivity contribution in [1.29, 1.82) is 0 Å². The molecule has 0 spiro atoms. The number of carbonyl (C=O) groups is 2. The second kappa shape index (κ2) is 6.74. The molecule has 0 saturated carbocycles. The minimum atomic E-state index is -0.976. The van der Waals surface area contributed by atoms with E-state index in [0.717, 1.165) is 5.56 Å². The first kappa shape index (κ1) is 17.5. The number of aliphatic carboxylic acids is 1. The first-order valence-electron chi connectivity index (χ1n) is 7.62. The molecule has 5 nitrogen and oxygen atoms in total. The van der Waals surface area contributed by atoms with Crippen LogP contribution < -0.4 is 5.32 Å². The molecule has 0 heterocycles. The summed E-state index contributed by atoms with van der Waals surface area (Å²) in [6, 6.07) is 11.6. The Morgan fingerprint density at radius 3 is 2.21 bits per heavy atom. The summed E-state index contributed by atoms with van der Waals surface area (Å²) in [6.45, 7) is 6.27. The fraction of sp³-hybridized carbons (Fsp3) is 0.263. The Labute approximate surface area is 141 Å². The summed E-state index contributed by atoms with van der Waals surface area (Å²) in [5.41, 5.74) is 2.27. The quantitative estimate of drug-likeness (QED) is 0.749. The Bertz CT molecular complexity index is 758. The smallest absolute Gasteiger partial charge is 0.307 e. The van der Waals surface area contributed by atoms with Gasteiger partial charge in [0.05, 0.1) is 12.1 Å². The van der Waals surface area contributed by atoms with Crippen LogP contribution in [-0.2, 0) is 16.6 Å². The van der Waals surface area contributed by atoms with Gasteiger partial charge in [-0.25, -0.2) is 0 Å². The molecule has 0 aromatic heterocycles. The van der Waals surface area contributed by atoms with Crippen molar-refractivity contribution in [3.05, 3.63) is 59.2 Å². The van der Waals surface area contributed by atoms with Gasteiger partial charge in [0.15, 0.2) is 0 Å². The molecule has 0 aliphatic heterocycles. The van der Waals surface area contributed by atoms with E-state index < -0.39 is 5.97 Å². The van der Waals surface area contributed by atoms with Crippen LogP contribution in [0.1, 0.15) is 42.3 Å². The average molecular weight is 327 g/mol. The van der Waals surface area contributed by atoms with Crippen LogP contribution in [-0.4, -0.2) is 22.1 Å². The third-order valence-electron chi connectivity index (χ3n) is 3.68. The van der Waals surface area contributed by atoms with E-state index in [9.17, 15) is 14.7 Å². The number of hydrogen-bond donors (Lipinski definition) is 3. The molecule has 2 aromatic rings. The second-order valence-electron chi connectivity index (χ2n) is 6.70. The van der Waals surface area contributed by atoms with Gasteiger partial charge in [0.2, 0.25) is 0 Å². The van der Waals surface area contributed by atoms with E-state index in [2.05, 4.69) is 26.1 Å². The fourth-order valence-corrected chi connectivity index (χ4v) is 2.28. The normalized spacial score (nSPS) is 11.1. The number of aromatic hydroxyl groups is 1. The highest BCUT2D eigenvalue weighted by Gasteiger charge is 2.15. The van der Waals surface area contributed by atoms with Crippen molar-refractivity contribution in [2.75, 3.05) is 5.32 Å². The van der Waals surface area contributed by atoms with Crippen LogP contribution in [0.25, 0.3) is 0 Å². The molecule has 5 heteroatoms. The number of amides is 1. The van der Waals surface area contributed by atoms with Crippen LogP contribution in [0.5, 0.6) is 5.75 Å². The van der Waals surface area contributed by atoms with Gasteiger partial charge in [-0.05, 0) is 40.8 Å². The highest BCUT2D eigenvalue weighted by atomic mass is 16.4. The molecule has 2 aromatic carbocycles. The Kier molecular flexibility index (Phi) is 4.93. The summed E-state index contributed by atoms with van der Waals surface area (Å²) in [4.78, 5) is 23.1. The number of benzene rings is 2. The van der Waals surface area contributed by atoms with Gasteiger partial charge in [-0.3, -0.25) is 9.59 Å². The number of carbonyl (C=O) groups excluding carboxylic acids is 1. The van der Waals surface area contributed by atoms with Crippen molar-refractivity contribution in [2.45, 2.75) is 32.6 Å². The molecule has 1 amide bonds. The van der Waals surface area contributed by atoms with E-state index in [1.807, 2.05) is 12.1 Å². The SMILES string of the molecule is CC(C)(C)c1ccc(C(=O)Nc2cc(CC(=O)O)ccc2O)cc1. The summed E-state index contributed by atoms with van der Waals surface area (Å²) in [7, 11) is 0. The minimum Gasteiger partial charge on any atom is -0.506 e. The first-order valence-corrected chi connectivity index (χ1v) is 7.62. The van der Waals surface area contributed by atoms with Crippen LogP contribution in [0.2, 0.25) is 0 Å². The maximum atomic E-state index is 12.3. The zero-order valence-electron chi connectivity index (χ0n) is 14.0. The molecule has 2 rings (SSSR count). The van der Waals surface area contributed by atoms with Gasteiger partial charge in [0.25, 0.3) is 5.91 Å². The molecule has 0 radical (unpaired) electrons. The monoisotopic (exact) mass is 327 g/mol. The van der Waals surface area contributed by atoms with E-state index >= 15 is 0 Å². The Morgan fingerprint density at radius 2 is 1.67 bits per heavy atom. The Morgan fingerprint density at radius 1 is 1.04 bits per heavy atom. The number of carboxylic acid groups (broad SMARTS) is 1. The Hall–Kier alpha value is -2.82. The van der Waals surface area contributed by atoms with Crippen molar-refractivity contribution in [2.24, 2.45) is 0 Å². The summed E-state index contributed by atoms with van der Waals surface area (Å²) >= 11 is 0. The van der Waals surface area contributed by atoms with Crippen LogP contribution in [0.4, 0.5) is 5.69 Å². The topological polar surface area (TPSA) is 86.6 Å². The number of hydrogen-bond acceptors (Lipinski definition) is 3. The number of carboxylic acids is 1. The van der Waals surface area contributed by atoms with E-state index in [-0.39, 0.29) is 29.2 Å². The highest BCUT2D eigenvalue weighted by Crippen LogP contribution is 2.26. The third kappa shape index (κ3) is 4.35. The van der Waals surface area contributed by atoms with E-state index in [1.54, 1.807) is 12.1 Å². The lowest BCUT2D eigenvalue weighted by atomic mass is 9.87. The number of nitrogens with one attached hydrogen (secondary N) is 1. The maximum Gasteiger partial charge on any atom is 0.307 e. The number of rotatable bonds is 4. The summed E-state index contributed by atoms with van der Waals surface area (Å²) in [5, 5.41) is 21.3. The lowest BCUT2D eigenvalue weighted by Crippen LogP contribution is -2.14. The molecule has 0 aliphatic rings. The maximum absolute atomic E-state index is 12.3. The van der Waals surface area contributed by atoms with Crippen LogP contribution >= 0.6 is 0 Å². The van der Waals surface area contributed by atoms with Crippen molar-refractivity contribution in [3.63, 3.8) is 0 Å². The number of anilines is 1. The lowest BCUT2D eigenvalue weighted by molar-refractivity contribution is -0.136. The molecule has 24 heavy (non-hydrogen) atoms. The third-order valence-corrected chi connectivity index (χ3v) is 3.68. The number of phenolic OH excluding ortho intramolecular Hbond substituents is 1. The van der Waals surface area contributed by atoms with E-state index in [1.165, 1.54) is 18.2 Å². The van der Waals surface area contributed by atoms with Gasteiger partial charge in [-0.1, -0.05) is 39.0 Å². The van der Waals surface area contributed by atoms with Crippen molar-refractivity contribution in [1.82, 2.24) is 0 Å². The molecule has 0 atom stereocenters. The molecular weight excluding hydrogens is 306 g/mol. The van der Waals surface area contributed by atoms with Gasteiger partial charge < -0.3 is 15.5 Å². The van der Waals surface area contributed by atoms with Crippen molar-refractivity contribution in [3.8, 4) is 5.75 Å². The van der Waals surface area contributed by atoms with Gasteiger partial charge in [0, 0.05) is 5.56 Å². The summed E-state index contributed by atoms with van der Waals surface area (Å²) in [5.74, 6) is -1.45. The summed E-state index contributed by atoms with van der Waals surface area (Å²) < 4.78 is 0. The highest BCUT2D eigenvalue weighted by molar-refractivity contribution is 6.05. The molecule has 126 valence electrons. The molecule has 0 saturated heterocycles. The predicted octanol–water partition coefficient (Wildman–Crippen LogP) is 3.57. The van der Waals surface area contributed by atoms with Gasteiger partial charge in [0.1, 0.15) is 5.75 Å². The van der Waals surface area contributed by atoms with E-state index in [0.29, 0.717) is 11.1 Å². The predicted molar refractivity (Wildman–Crippen MR) is 92.5 cm³/mol. The molecule has 0 aliphatic carbocycles. The van der Waals surface area contributed by atoms with Crippen LogP contribution in [0.3, 0.4) is 0 Å². The van der Waals surface area contributed by atoms with Gasteiger partial charge >= 0.3 is 5.97 Å².